The maximum atomic E-state index is 11.2. The number of aromatic carboxylic acids is 1. The molecule has 0 aliphatic heterocycles. The molecule has 0 aromatic carbocycles. The molecule has 1 aliphatic rings. The molecule has 92 valence electrons. The summed E-state index contributed by atoms with van der Waals surface area (Å²) in [5.74, 6) is 1.41. The number of aryl methyl sites for hydroxylation is 2. The fourth-order valence-corrected chi connectivity index (χ4v) is 3.19. The maximum absolute atomic E-state index is 11.2. The molecule has 0 atom stereocenters. The highest BCUT2D eigenvalue weighted by Gasteiger charge is 2.21. The van der Waals surface area contributed by atoms with Gasteiger partial charge in [0.1, 0.15) is 16.4 Å². The molecule has 1 N–H and O–H groups in total. The molecule has 0 amide bonds. The molecule has 1 aliphatic carbocycles. The highest BCUT2D eigenvalue weighted by molar-refractivity contribution is 7.99. The number of hydrogen-bond donors (Lipinski definition) is 1. The average Bonchev–Trinajstić information content (AvgIpc) is 2.12. The van der Waals surface area contributed by atoms with Crippen LogP contribution in [0.15, 0.2) is 5.03 Å². The van der Waals surface area contributed by atoms with Crippen LogP contribution in [0.2, 0.25) is 0 Å². The quantitative estimate of drug-likeness (QED) is 0.659. The van der Waals surface area contributed by atoms with Crippen molar-refractivity contribution < 1.29 is 9.90 Å². The lowest BCUT2D eigenvalue weighted by molar-refractivity contribution is 0.0690. The van der Waals surface area contributed by atoms with E-state index in [9.17, 15) is 9.90 Å². The van der Waals surface area contributed by atoms with Gasteiger partial charge >= 0.3 is 5.97 Å². The molecular weight excluding hydrogens is 236 g/mol. The van der Waals surface area contributed by atoms with Crippen molar-refractivity contribution in [3.8, 4) is 0 Å². The van der Waals surface area contributed by atoms with Gasteiger partial charge in [-0.1, -0.05) is 6.42 Å². The van der Waals surface area contributed by atoms with Gasteiger partial charge in [0.05, 0.1) is 5.69 Å². The van der Waals surface area contributed by atoms with Crippen LogP contribution in [0.5, 0.6) is 0 Å². The van der Waals surface area contributed by atoms with E-state index in [1.807, 2.05) is 0 Å². The first kappa shape index (κ1) is 12.4. The summed E-state index contributed by atoms with van der Waals surface area (Å²) in [6.45, 7) is 3.53. The molecule has 0 unspecified atom stereocenters. The first-order valence-corrected chi connectivity index (χ1v) is 6.78. The van der Waals surface area contributed by atoms with Crippen molar-refractivity contribution in [2.75, 3.05) is 5.75 Å². The third-order valence-corrected chi connectivity index (χ3v) is 4.27. The van der Waals surface area contributed by atoms with Crippen molar-refractivity contribution in [3.63, 3.8) is 0 Å². The van der Waals surface area contributed by atoms with Crippen LogP contribution in [0.1, 0.15) is 41.1 Å². The zero-order valence-corrected chi connectivity index (χ0v) is 10.9. The number of nitrogens with zero attached hydrogens (tertiary/aromatic N) is 2. The molecule has 0 spiro atoms. The predicted molar refractivity (Wildman–Crippen MR) is 66.5 cm³/mol. The summed E-state index contributed by atoms with van der Waals surface area (Å²) in [6.07, 6.45) is 3.83. The largest absolute Gasteiger partial charge is 0.478 e. The van der Waals surface area contributed by atoms with Gasteiger partial charge in [0.2, 0.25) is 0 Å². The van der Waals surface area contributed by atoms with Gasteiger partial charge in [-0.05, 0) is 32.6 Å². The first-order chi connectivity index (χ1) is 8.08. The highest BCUT2D eigenvalue weighted by Crippen LogP contribution is 2.33. The third-order valence-electron chi connectivity index (χ3n) is 3.06. The van der Waals surface area contributed by atoms with Crippen LogP contribution in [0.3, 0.4) is 0 Å². The molecule has 2 rings (SSSR count). The summed E-state index contributed by atoms with van der Waals surface area (Å²) in [5.41, 5.74) is 0.820. The van der Waals surface area contributed by atoms with Gasteiger partial charge in [-0.15, -0.1) is 11.8 Å². The Hall–Kier alpha value is -1.10. The summed E-state index contributed by atoms with van der Waals surface area (Å²) in [4.78, 5) is 19.6. The van der Waals surface area contributed by atoms with Gasteiger partial charge in [-0.3, -0.25) is 0 Å². The zero-order chi connectivity index (χ0) is 12.4. The van der Waals surface area contributed by atoms with Crippen molar-refractivity contribution in [1.29, 1.82) is 0 Å². The fourth-order valence-electron chi connectivity index (χ4n) is 1.89. The van der Waals surface area contributed by atoms with E-state index in [-0.39, 0.29) is 5.56 Å². The number of hydrogen-bond acceptors (Lipinski definition) is 4. The molecule has 0 saturated heterocycles. The number of carboxylic acid groups (broad SMARTS) is 1. The maximum Gasteiger partial charge on any atom is 0.340 e. The van der Waals surface area contributed by atoms with E-state index in [0.717, 1.165) is 11.7 Å². The Morgan fingerprint density at radius 1 is 1.41 bits per heavy atom. The Morgan fingerprint density at radius 3 is 2.65 bits per heavy atom. The van der Waals surface area contributed by atoms with Gasteiger partial charge in [0.15, 0.2) is 0 Å². The molecule has 5 heteroatoms. The van der Waals surface area contributed by atoms with Crippen LogP contribution in [-0.2, 0) is 0 Å². The van der Waals surface area contributed by atoms with Crippen LogP contribution in [0.4, 0.5) is 0 Å². The highest BCUT2D eigenvalue weighted by atomic mass is 32.2. The molecule has 1 aromatic rings. The Morgan fingerprint density at radius 2 is 2.12 bits per heavy atom. The van der Waals surface area contributed by atoms with E-state index in [1.165, 1.54) is 19.3 Å². The van der Waals surface area contributed by atoms with Gasteiger partial charge in [-0.25, -0.2) is 14.8 Å². The van der Waals surface area contributed by atoms with Crippen LogP contribution in [0.25, 0.3) is 0 Å². The van der Waals surface area contributed by atoms with Crippen molar-refractivity contribution in [2.24, 2.45) is 5.92 Å². The first-order valence-electron chi connectivity index (χ1n) is 5.79. The molecule has 1 aromatic heterocycles. The Bertz CT molecular complexity index is 444. The standard InChI is InChI=1S/C12H16N2O2S/c1-7-10(12(15)16)11(14-8(2)13-7)17-6-9-4-3-5-9/h9H,3-6H2,1-2H3,(H,15,16). The minimum absolute atomic E-state index is 0.264. The molecule has 0 bridgehead atoms. The van der Waals surface area contributed by atoms with Gasteiger partial charge < -0.3 is 5.11 Å². The summed E-state index contributed by atoms with van der Waals surface area (Å²) in [5, 5.41) is 9.80. The topological polar surface area (TPSA) is 63.1 Å². The smallest absolute Gasteiger partial charge is 0.340 e. The van der Waals surface area contributed by atoms with E-state index in [4.69, 9.17) is 0 Å². The predicted octanol–water partition coefficient (Wildman–Crippen LogP) is 2.68. The molecule has 1 saturated carbocycles. The van der Waals surface area contributed by atoms with Crippen LogP contribution in [0, 0.1) is 19.8 Å². The molecule has 17 heavy (non-hydrogen) atoms. The molecular formula is C12H16N2O2S. The number of thioether (sulfide) groups is 1. The van der Waals surface area contributed by atoms with Gasteiger partial charge in [0, 0.05) is 5.75 Å². The van der Waals surface area contributed by atoms with E-state index in [0.29, 0.717) is 16.5 Å². The van der Waals surface area contributed by atoms with Gasteiger partial charge in [0.25, 0.3) is 0 Å². The second-order valence-electron chi connectivity index (χ2n) is 4.45. The number of carboxylic acids is 1. The second-order valence-corrected chi connectivity index (χ2v) is 5.46. The SMILES string of the molecule is Cc1nc(C)c(C(=O)O)c(SCC2CCC2)n1. The van der Waals surface area contributed by atoms with Crippen molar-refractivity contribution >= 4 is 17.7 Å². The molecule has 1 fully saturated rings. The molecule has 1 heterocycles. The van der Waals surface area contributed by atoms with E-state index >= 15 is 0 Å². The van der Waals surface area contributed by atoms with Crippen molar-refractivity contribution in [3.05, 3.63) is 17.1 Å². The van der Waals surface area contributed by atoms with Crippen molar-refractivity contribution in [1.82, 2.24) is 9.97 Å². The minimum Gasteiger partial charge on any atom is -0.478 e. The second kappa shape index (κ2) is 5.04. The van der Waals surface area contributed by atoms with Crippen LogP contribution in [-0.4, -0.2) is 26.8 Å². The van der Waals surface area contributed by atoms with Crippen LogP contribution >= 0.6 is 11.8 Å². The summed E-state index contributed by atoms with van der Waals surface area (Å²) < 4.78 is 0. The lowest BCUT2D eigenvalue weighted by Crippen LogP contribution is -2.14. The zero-order valence-electron chi connectivity index (χ0n) is 10.1. The third kappa shape index (κ3) is 2.77. The summed E-state index contributed by atoms with van der Waals surface area (Å²) in [7, 11) is 0. The number of aromatic nitrogens is 2. The normalized spacial score (nSPS) is 15.6. The average molecular weight is 252 g/mol. The monoisotopic (exact) mass is 252 g/mol. The Labute approximate surface area is 105 Å². The van der Waals surface area contributed by atoms with E-state index in [1.54, 1.807) is 25.6 Å². The Balaban J connectivity index is 2.20. The van der Waals surface area contributed by atoms with E-state index in [2.05, 4.69) is 9.97 Å². The van der Waals surface area contributed by atoms with E-state index < -0.39 is 5.97 Å². The lowest BCUT2D eigenvalue weighted by atomic mass is 9.87. The Kier molecular flexibility index (Phi) is 3.66. The molecule has 4 nitrogen and oxygen atoms in total. The van der Waals surface area contributed by atoms with Gasteiger partial charge in [-0.2, -0.15) is 0 Å². The minimum atomic E-state index is -0.932. The summed E-state index contributed by atoms with van der Waals surface area (Å²) in [6, 6.07) is 0. The number of rotatable bonds is 4. The number of carbonyl (C=O) groups is 1. The fraction of sp³-hybridized carbons (Fsp3) is 0.583. The lowest BCUT2D eigenvalue weighted by Gasteiger charge is -2.24. The van der Waals surface area contributed by atoms with Crippen LogP contribution < -0.4 is 0 Å². The molecule has 0 radical (unpaired) electrons. The van der Waals surface area contributed by atoms with Crippen molar-refractivity contribution in [2.45, 2.75) is 38.1 Å². The summed E-state index contributed by atoms with van der Waals surface area (Å²) >= 11 is 1.56.